The van der Waals surface area contributed by atoms with Crippen LogP contribution in [0.5, 0.6) is 11.6 Å². The van der Waals surface area contributed by atoms with Gasteiger partial charge in [0.2, 0.25) is 5.88 Å². The molecule has 2 rings (SSSR count). The highest BCUT2D eigenvalue weighted by molar-refractivity contribution is 5.56. The Labute approximate surface area is 87.2 Å². The van der Waals surface area contributed by atoms with E-state index in [9.17, 15) is 0 Å². The van der Waals surface area contributed by atoms with Crippen LogP contribution in [0.2, 0.25) is 0 Å². The molecule has 0 saturated carbocycles. The van der Waals surface area contributed by atoms with Gasteiger partial charge in [-0.2, -0.15) is 4.98 Å². The van der Waals surface area contributed by atoms with Crippen LogP contribution in [-0.2, 0) is 0 Å². The highest BCUT2D eigenvalue weighted by atomic mass is 16.5. The summed E-state index contributed by atoms with van der Waals surface area (Å²) in [7, 11) is 1.56. The van der Waals surface area contributed by atoms with Gasteiger partial charge in [0.25, 0.3) is 0 Å². The minimum atomic E-state index is 0.224. The molecule has 0 bridgehead atoms. The summed E-state index contributed by atoms with van der Waals surface area (Å²) in [6.45, 7) is 0. The number of phenolic OH excluding ortho intramolecular Hbond substituents is 1. The van der Waals surface area contributed by atoms with E-state index in [0.717, 1.165) is 5.56 Å². The van der Waals surface area contributed by atoms with Crippen LogP contribution in [0.1, 0.15) is 0 Å². The predicted molar refractivity (Wildman–Crippen MR) is 55.7 cm³/mol. The first-order chi connectivity index (χ1) is 7.29. The summed E-state index contributed by atoms with van der Waals surface area (Å²) in [6, 6.07) is 8.38. The van der Waals surface area contributed by atoms with Crippen LogP contribution in [0.3, 0.4) is 0 Å². The molecule has 0 saturated heterocycles. The molecule has 1 N–H and O–H groups in total. The van der Waals surface area contributed by atoms with Crippen LogP contribution in [0.15, 0.2) is 36.5 Å². The Kier molecular flexibility index (Phi) is 2.49. The Hall–Kier alpha value is -2.10. The van der Waals surface area contributed by atoms with Gasteiger partial charge < -0.3 is 9.84 Å². The van der Waals surface area contributed by atoms with Crippen molar-refractivity contribution in [2.45, 2.75) is 0 Å². The SMILES string of the molecule is COc1ccnc(-c2ccc(O)cc2)n1. The fraction of sp³-hybridized carbons (Fsp3) is 0.0909. The van der Waals surface area contributed by atoms with Crippen LogP contribution < -0.4 is 4.74 Å². The predicted octanol–water partition coefficient (Wildman–Crippen LogP) is 1.86. The lowest BCUT2D eigenvalue weighted by Gasteiger charge is -2.02. The third-order valence-corrected chi connectivity index (χ3v) is 1.96. The van der Waals surface area contributed by atoms with Crippen LogP contribution in [-0.4, -0.2) is 22.2 Å². The summed E-state index contributed by atoms with van der Waals surface area (Å²) in [5, 5.41) is 9.14. The minimum absolute atomic E-state index is 0.224. The summed E-state index contributed by atoms with van der Waals surface area (Å²) >= 11 is 0. The second-order valence-corrected chi connectivity index (χ2v) is 2.97. The number of rotatable bonds is 2. The van der Waals surface area contributed by atoms with Gasteiger partial charge in [-0.1, -0.05) is 0 Å². The second kappa shape index (κ2) is 3.96. The third-order valence-electron chi connectivity index (χ3n) is 1.96. The van der Waals surface area contributed by atoms with Gasteiger partial charge in [-0.3, -0.25) is 0 Å². The number of methoxy groups -OCH3 is 1. The van der Waals surface area contributed by atoms with Crippen molar-refractivity contribution in [1.82, 2.24) is 9.97 Å². The maximum atomic E-state index is 9.14. The Morgan fingerprint density at radius 1 is 1.13 bits per heavy atom. The van der Waals surface area contributed by atoms with E-state index in [1.54, 1.807) is 43.6 Å². The average molecular weight is 202 g/mol. The molecule has 0 aliphatic carbocycles. The van der Waals surface area contributed by atoms with E-state index < -0.39 is 0 Å². The van der Waals surface area contributed by atoms with Crippen LogP contribution in [0.4, 0.5) is 0 Å². The number of aromatic hydroxyl groups is 1. The summed E-state index contributed by atoms with van der Waals surface area (Å²) in [4.78, 5) is 8.29. The molecule has 0 atom stereocenters. The van der Waals surface area contributed by atoms with Crippen LogP contribution >= 0.6 is 0 Å². The Morgan fingerprint density at radius 3 is 2.53 bits per heavy atom. The number of nitrogens with zero attached hydrogens (tertiary/aromatic N) is 2. The molecular formula is C11H10N2O2. The molecule has 1 aromatic carbocycles. The monoisotopic (exact) mass is 202 g/mol. The van der Waals surface area contributed by atoms with E-state index in [1.165, 1.54) is 0 Å². The van der Waals surface area contributed by atoms with Crippen molar-refractivity contribution in [2.75, 3.05) is 7.11 Å². The summed E-state index contributed by atoms with van der Waals surface area (Å²) < 4.78 is 5.00. The fourth-order valence-corrected chi connectivity index (χ4v) is 1.21. The molecule has 4 nitrogen and oxygen atoms in total. The molecule has 0 aliphatic heterocycles. The van der Waals surface area contributed by atoms with Crippen molar-refractivity contribution in [3.63, 3.8) is 0 Å². The summed E-state index contributed by atoms with van der Waals surface area (Å²) in [6.07, 6.45) is 1.63. The van der Waals surface area contributed by atoms with E-state index in [1.807, 2.05) is 0 Å². The van der Waals surface area contributed by atoms with Gasteiger partial charge in [0.1, 0.15) is 5.75 Å². The van der Waals surface area contributed by atoms with Gasteiger partial charge >= 0.3 is 0 Å². The molecule has 2 aromatic rings. The zero-order chi connectivity index (χ0) is 10.7. The molecular weight excluding hydrogens is 192 g/mol. The first-order valence-electron chi connectivity index (χ1n) is 4.46. The van der Waals surface area contributed by atoms with Gasteiger partial charge in [0.15, 0.2) is 5.82 Å². The van der Waals surface area contributed by atoms with E-state index in [-0.39, 0.29) is 5.75 Å². The van der Waals surface area contributed by atoms with E-state index in [4.69, 9.17) is 9.84 Å². The van der Waals surface area contributed by atoms with Crippen molar-refractivity contribution >= 4 is 0 Å². The standard InChI is InChI=1S/C11H10N2O2/c1-15-10-6-7-12-11(13-10)8-2-4-9(14)5-3-8/h2-7,14H,1H3. The van der Waals surface area contributed by atoms with Crippen molar-refractivity contribution in [1.29, 1.82) is 0 Å². The Bertz CT molecular complexity index is 454. The Balaban J connectivity index is 2.40. The average Bonchev–Trinajstić information content (AvgIpc) is 2.30. The lowest BCUT2D eigenvalue weighted by molar-refractivity contribution is 0.397. The molecule has 76 valence electrons. The maximum absolute atomic E-state index is 9.14. The van der Waals surface area contributed by atoms with Gasteiger partial charge in [0.05, 0.1) is 7.11 Å². The molecule has 1 heterocycles. The molecule has 0 fully saturated rings. The normalized spacial score (nSPS) is 9.93. The zero-order valence-corrected chi connectivity index (χ0v) is 8.21. The summed E-state index contributed by atoms with van der Waals surface area (Å²) in [5.74, 6) is 1.32. The smallest absolute Gasteiger partial charge is 0.216 e. The van der Waals surface area contributed by atoms with Gasteiger partial charge in [-0.25, -0.2) is 4.98 Å². The molecule has 4 heteroatoms. The number of hydrogen-bond donors (Lipinski definition) is 1. The van der Waals surface area contributed by atoms with Gasteiger partial charge in [-0.05, 0) is 24.3 Å². The van der Waals surface area contributed by atoms with E-state index >= 15 is 0 Å². The first-order valence-corrected chi connectivity index (χ1v) is 4.46. The number of phenols is 1. The number of benzene rings is 1. The molecule has 0 unspecified atom stereocenters. The quantitative estimate of drug-likeness (QED) is 0.807. The zero-order valence-electron chi connectivity index (χ0n) is 8.21. The van der Waals surface area contributed by atoms with Crippen molar-refractivity contribution in [3.05, 3.63) is 36.5 Å². The van der Waals surface area contributed by atoms with Crippen molar-refractivity contribution in [2.24, 2.45) is 0 Å². The highest BCUT2D eigenvalue weighted by Gasteiger charge is 2.02. The maximum Gasteiger partial charge on any atom is 0.216 e. The molecule has 0 aliphatic rings. The topological polar surface area (TPSA) is 55.2 Å². The third kappa shape index (κ3) is 2.04. The fourth-order valence-electron chi connectivity index (χ4n) is 1.21. The van der Waals surface area contributed by atoms with E-state index in [2.05, 4.69) is 9.97 Å². The minimum Gasteiger partial charge on any atom is -0.508 e. The van der Waals surface area contributed by atoms with Gasteiger partial charge in [-0.15, -0.1) is 0 Å². The lowest BCUT2D eigenvalue weighted by atomic mass is 10.2. The molecule has 0 radical (unpaired) electrons. The molecule has 0 amide bonds. The van der Waals surface area contributed by atoms with Crippen LogP contribution in [0, 0.1) is 0 Å². The summed E-state index contributed by atoms with van der Waals surface area (Å²) in [5.41, 5.74) is 0.840. The number of aromatic nitrogens is 2. The number of ether oxygens (including phenoxy) is 1. The Morgan fingerprint density at radius 2 is 1.87 bits per heavy atom. The van der Waals surface area contributed by atoms with Crippen LogP contribution in [0.25, 0.3) is 11.4 Å². The molecule has 15 heavy (non-hydrogen) atoms. The molecule has 1 aromatic heterocycles. The second-order valence-electron chi connectivity index (χ2n) is 2.97. The largest absolute Gasteiger partial charge is 0.508 e. The molecule has 0 spiro atoms. The number of hydrogen-bond acceptors (Lipinski definition) is 4. The first kappa shape index (κ1) is 9.45. The van der Waals surface area contributed by atoms with Crippen molar-refractivity contribution in [3.8, 4) is 23.0 Å². The lowest BCUT2D eigenvalue weighted by Crippen LogP contribution is -1.92. The highest BCUT2D eigenvalue weighted by Crippen LogP contribution is 2.19. The van der Waals surface area contributed by atoms with Crippen molar-refractivity contribution < 1.29 is 9.84 Å². The van der Waals surface area contributed by atoms with Gasteiger partial charge in [0, 0.05) is 17.8 Å². The van der Waals surface area contributed by atoms with E-state index in [0.29, 0.717) is 11.7 Å².